The number of hydrogen-bond donors (Lipinski definition) is 0. The summed E-state index contributed by atoms with van der Waals surface area (Å²) in [4.78, 5) is 19.3. The lowest BCUT2D eigenvalue weighted by molar-refractivity contribution is -0.126. The van der Waals surface area contributed by atoms with Crippen LogP contribution in [0.3, 0.4) is 0 Å². The Balaban J connectivity index is 1.80. The molecule has 2 aromatic carbocycles. The average molecular weight is 340 g/mol. The second-order valence-corrected chi connectivity index (χ2v) is 6.53. The van der Waals surface area contributed by atoms with Crippen molar-refractivity contribution < 1.29 is 9.53 Å². The largest absolute Gasteiger partial charge is 0.496 e. The second-order valence-electron chi connectivity index (χ2n) is 5.47. The molecule has 1 heterocycles. The highest BCUT2D eigenvalue weighted by molar-refractivity contribution is 8.13. The zero-order valence-electron chi connectivity index (χ0n) is 13.6. The van der Waals surface area contributed by atoms with Crippen LogP contribution < -0.4 is 4.74 Å². The number of amidine groups is 1. The van der Waals surface area contributed by atoms with E-state index in [1.165, 1.54) is 0 Å². The van der Waals surface area contributed by atoms with Crippen molar-refractivity contribution in [3.8, 4) is 5.75 Å². The maximum absolute atomic E-state index is 12.8. The first kappa shape index (κ1) is 16.6. The average Bonchev–Trinajstić information content (AvgIpc) is 2.63. The number of carbonyl (C=O) groups is 1. The number of para-hydroxylation sites is 2. The Morgan fingerprint density at radius 1 is 1.17 bits per heavy atom. The third-order valence-electron chi connectivity index (χ3n) is 3.80. The van der Waals surface area contributed by atoms with E-state index >= 15 is 0 Å². The molecule has 0 aliphatic carbocycles. The Morgan fingerprint density at radius 3 is 2.71 bits per heavy atom. The number of aliphatic imine (C=N–C) groups is 1. The van der Waals surface area contributed by atoms with E-state index in [-0.39, 0.29) is 5.91 Å². The molecule has 3 rings (SSSR count). The Labute approximate surface area is 146 Å². The summed E-state index contributed by atoms with van der Waals surface area (Å²) in [6.07, 6.45) is 1.30. The zero-order chi connectivity index (χ0) is 16.8. The molecule has 0 unspecified atom stereocenters. The molecule has 1 aliphatic heterocycles. The third kappa shape index (κ3) is 3.97. The number of carbonyl (C=O) groups excluding carboxylic acids is 1. The van der Waals surface area contributed by atoms with Crippen LogP contribution in [0.1, 0.15) is 12.0 Å². The first-order valence-electron chi connectivity index (χ1n) is 7.97. The zero-order valence-corrected chi connectivity index (χ0v) is 14.5. The van der Waals surface area contributed by atoms with Crippen LogP contribution in [0.2, 0.25) is 0 Å². The van der Waals surface area contributed by atoms with Crippen LogP contribution in [0, 0.1) is 0 Å². The summed E-state index contributed by atoms with van der Waals surface area (Å²) < 4.78 is 5.35. The van der Waals surface area contributed by atoms with Gasteiger partial charge in [0.1, 0.15) is 5.75 Å². The van der Waals surface area contributed by atoms with Crippen LogP contribution in [0.25, 0.3) is 0 Å². The topological polar surface area (TPSA) is 41.9 Å². The van der Waals surface area contributed by atoms with Gasteiger partial charge in [-0.25, -0.2) is 4.99 Å². The standard InChI is InChI=1S/C19H20N2O2S/c1-23-17-11-6-5-8-15(17)14-18(22)21-12-7-13-24-19(21)20-16-9-3-2-4-10-16/h2-6,8-11H,7,12-14H2,1H3. The van der Waals surface area contributed by atoms with Crippen molar-refractivity contribution in [3.63, 3.8) is 0 Å². The molecule has 1 fully saturated rings. The molecule has 24 heavy (non-hydrogen) atoms. The van der Waals surface area contributed by atoms with Crippen LogP contribution >= 0.6 is 11.8 Å². The van der Waals surface area contributed by atoms with Crippen LogP contribution in [0.15, 0.2) is 59.6 Å². The SMILES string of the molecule is COc1ccccc1CC(=O)N1CCCSC1=Nc1ccccc1. The molecule has 124 valence electrons. The summed E-state index contributed by atoms with van der Waals surface area (Å²) >= 11 is 1.64. The molecule has 1 aliphatic rings. The minimum Gasteiger partial charge on any atom is -0.496 e. The first-order chi connectivity index (χ1) is 11.8. The van der Waals surface area contributed by atoms with E-state index < -0.39 is 0 Å². The molecule has 0 saturated carbocycles. The second kappa shape index (κ2) is 8.02. The van der Waals surface area contributed by atoms with E-state index in [1.807, 2.05) is 54.6 Å². The van der Waals surface area contributed by atoms with Crippen LogP contribution in [0.5, 0.6) is 5.75 Å². The minimum absolute atomic E-state index is 0.0568. The summed E-state index contributed by atoms with van der Waals surface area (Å²) in [7, 11) is 1.63. The van der Waals surface area contributed by atoms with E-state index in [2.05, 4.69) is 4.99 Å². The number of thioether (sulfide) groups is 1. The number of rotatable bonds is 4. The Hall–Kier alpha value is -2.27. The van der Waals surface area contributed by atoms with Gasteiger partial charge in [0, 0.05) is 17.9 Å². The molecular formula is C19H20N2O2S. The van der Waals surface area contributed by atoms with Crippen molar-refractivity contribution in [1.29, 1.82) is 0 Å². The quantitative estimate of drug-likeness (QED) is 0.848. The highest BCUT2D eigenvalue weighted by Gasteiger charge is 2.24. The molecule has 0 N–H and O–H groups in total. The smallest absolute Gasteiger partial charge is 0.233 e. The fraction of sp³-hybridized carbons (Fsp3) is 0.263. The third-order valence-corrected chi connectivity index (χ3v) is 4.87. The van der Waals surface area contributed by atoms with Gasteiger partial charge >= 0.3 is 0 Å². The number of ether oxygens (including phenoxy) is 1. The first-order valence-corrected chi connectivity index (χ1v) is 8.95. The maximum atomic E-state index is 12.8. The fourth-order valence-corrected chi connectivity index (χ4v) is 3.58. The minimum atomic E-state index is 0.0568. The van der Waals surface area contributed by atoms with E-state index in [0.29, 0.717) is 13.0 Å². The monoisotopic (exact) mass is 340 g/mol. The summed E-state index contributed by atoms with van der Waals surface area (Å²) in [5.74, 6) is 1.79. The van der Waals surface area contributed by atoms with Gasteiger partial charge in [0.05, 0.1) is 19.2 Å². The van der Waals surface area contributed by atoms with Gasteiger partial charge in [0.15, 0.2) is 5.17 Å². The van der Waals surface area contributed by atoms with Gasteiger partial charge in [-0.3, -0.25) is 9.69 Å². The molecule has 4 nitrogen and oxygen atoms in total. The lowest BCUT2D eigenvalue weighted by Crippen LogP contribution is -2.40. The normalized spacial score (nSPS) is 16.2. The summed E-state index contributed by atoms with van der Waals surface area (Å²) in [5, 5.41) is 0.785. The van der Waals surface area contributed by atoms with Gasteiger partial charge in [-0.05, 0) is 24.6 Å². The molecular weight excluding hydrogens is 320 g/mol. The van der Waals surface area contributed by atoms with Crippen molar-refractivity contribution in [1.82, 2.24) is 4.90 Å². The number of amides is 1. The Kier molecular flexibility index (Phi) is 5.54. The summed E-state index contributed by atoms with van der Waals surface area (Å²) in [6, 6.07) is 17.4. The van der Waals surface area contributed by atoms with Crippen LogP contribution in [-0.4, -0.2) is 35.4 Å². The van der Waals surface area contributed by atoms with E-state index in [9.17, 15) is 4.79 Å². The highest BCUT2D eigenvalue weighted by Crippen LogP contribution is 2.24. The molecule has 0 aromatic heterocycles. The molecule has 1 amide bonds. The predicted octanol–water partition coefficient (Wildman–Crippen LogP) is 3.89. The molecule has 2 aromatic rings. The number of methoxy groups -OCH3 is 1. The number of benzene rings is 2. The fourth-order valence-electron chi connectivity index (χ4n) is 2.60. The molecule has 0 atom stereocenters. The van der Waals surface area contributed by atoms with Crippen LogP contribution in [0.4, 0.5) is 5.69 Å². The van der Waals surface area contributed by atoms with E-state index in [1.54, 1.807) is 23.8 Å². The van der Waals surface area contributed by atoms with Gasteiger partial charge < -0.3 is 4.74 Å². The van der Waals surface area contributed by atoms with Crippen LogP contribution in [-0.2, 0) is 11.2 Å². The number of hydrogen-bond acceptors (Lipinski definition) is 4. The van der Waals surface area contributed by atoms with Gasteiger partial charge in [0.2, 0.25) is 5.91 Å². The molecule has 5 heteroatoms. The van der Waals surface area contributed by atoms with Crippen molar-refractivity contribution in [2.75, 3.05) is 19.4 Å². The van der Waals surface area contributed by atoms with Crippen molar-refractivity contribution in [2.24, 2.45) is 4.99 Å². The molecule has 0 spiro atoms. The van der Waals surface area contributed by atoms with Gasteiger partial charge in [-0.15, -0.1) is 0 Å². The maximum Gasteiger partial charge on any atom is 0.233 e. The van der Waals surface area contributed by atoms with E-state index in [4.69, 9.17) is 4.74 Å². The lowest BCUT2D eigenvalue weighted by atomic mass is 10.1. The Bertz CT molecular complexity index is 731. The van der Waals surface area contributed by atoms with Gasteiger partial charge in [-0.2, -0.15) is 0 Å². The molecule has 0 radical (unpaired) electrons. The summed E-state index contributed by atoms with van der Waals surface area (Å²) in [5.41, 5.74) is 1.77. The summed E-state index contributed by atoms with van der Waals surface area (Å²) in [6.45, 7) is 0.715. The highest BCUT2D eigenvalue weighted by atomic mass is 32.2. The van der Waals surface area contributed by atoms with E-state index in [0.717, 1.165) is 34.3 Å². The van der Waals surface area contributed by atoms with Crippen molar-refractivity contribution >= 4 is 28.5 Å². The number of nitrogens with zero attached hydrogens (tertiary/aromatic N) is 2. The van der Waals surface area contributed by atoms with Crippen molar-refractivity contribution in [2.45, 2.75) is 12.8 Å². The van der Waals surface area contributed by atoms with Crippen molar-refractivity contribution in [3.05, 3.63) is 60.2 Å². The molecule has 1 saturated heterocycles. The molecule has 0 bridgehead atoms. The lowest BCUT2D eigenvalue weighted by Gasteiger charge is -2.28. The van der Waals surface area contributed by atoms with Gasteiger partial charge in [0.25, 0.3) is 0 Å². The Morgan fingerprint density at radius 2 is 1.92 bits per heavy atom. The predicted molar refractivity (Wildman–Crippen MR) is 99.0 cm³/mol. The van der Waals surface area contributed by atoms with Gasteiger partial charge in [-0.1, -0.05) is 48.2 Å².